The monoisotopic (exact) mass is 420 g/mol. The number of amidine groups is 1. The second kappa shape index (κ2) is 8.08. The summed E-state index contributed by atoms with van der Waals surface area (Å²) in [5, 5.41) is 9.96. The topological polar surface area (TPSA) is 117 Å². The van der Waals surface area contributed by atoms with E-state index in [2.05, 4.69) is 20.3 Å². The first-order chi connectivity index (χ1) is 13.8. The summed E-state index contributed by atoms with van der Waals surface area (Å²) in [5.41, 5.74) is 3.69. The maximum absolute atomic E-state index is 14.9. The predicted octanol–water partition coefficient (Wildman–Crippen LogP) is 2.69. The number of nitrogens with one attached hydrogen (secondary N) is 1. The van der Waals surface area contributed by atoms with Crippen molar-refractivity contribution in [1.82, 2.24) is 9.97 Å². The van der Waals surface area contributed by atoms with Crippen molar-refractivity contribution >= 4 is 28.7 Å². The van der Waals surface area contributed by atoms with Crippen LogP contribution in [0.25, 0.3) is 0 Å². The number of anilines is 1. The third-order valence-corrected chi connectivity index (χ3v) is 5.32. The van der Waals surface area contributed by atoms with Crippen molar-refractivity contribution in [3.8, 4) is 6.07 Å². The van der Waals surface area contributed by atoms with Crippen molar-refractivity contribution in [2.24, 2.45) is 10.7 Å². The SMILES string of the molecule is C[C@]1(c2nc(NC(=O)c3ccc(C#N)cn3)ccc2F)N=C(N)S[C@H](CF)[C@@H]1F. The first kappa shape index (κ1) is 20.6. The van der Waals surface area contributed by atoms with Crippen LogP contribution < -0.4 is 11.1 Å². The molecule has 0 fully saturated rings. The van der Waals surface area contributed by atoms with Crippen LogP contribution in [0.2, 0.25) is 0 Å². The van der Waals surface area contributed by atoms with Gasteiger partial charge in [-0.3, -0.25) is 4.79 Å². The van der Waals surface area contributed by atoms with Gasteiger partial charge in [0.05, 0.1) is 10.8 Å². The molecule has 0 aromatic carbocycles. The molecule has 1 aliphatic heterocycles. The summed E-state index contributed by atoms with van der Waals surface area (Å²) < 4.78 is 42.6. The standard InChI is InChI=1S/C18H15F3N6OS/c1-18(14(21)12(6-19)29-17(23)27-18)15-10(20)3-5-13(25-15)26-16(28)11-4-2-9(7-22)8-24-11/h2-5,8,12,14H,6H2,1H3,(H2,23,27)(H,25,26,28)/t12-,14+,18+/m1/s1. The quantitative estimate of drug-likeness (QED) is 0.785. The summed E-state index contributed by atoms with van der Waals surface area (Å²) in [4.78, 5) is 24.1. The van der Waals surface area contributed by atoms with Gasteiger partial charge in [-0.25, -0.2) is 28.1 Å². The van der Waals surface area contributed by atoms with E-state index in [9.17, 15) is 18.0 Å². The highest BCUT2D eigenvalue weighted by molar-refractivity contribution is 8.14. The number of thioether (sulfide) groups is 1. The molecule has 0 unspecified atom stereocenters. The van der Waals surface area contributed by atoms with Gasteiger partial charge < -0.3 is 11.1 Å². The number of alkyl halides is 2. The third kappa shape index (κ3) is 4.02. The molecule has 3 rings (SSSR count). The van der Waals surface area contributed by atoms with Gasteiger partial charge in [0.2, 0.25) is 0 Å². The van der Waals surface area contributed by atoms with Crippen LogP contribution in [0.3, 0.4) is 0 Å². The number of amides is 1. The Balaban J connectivity index is 1.92. The normalized spacial score (nSPS) is 23.8. The molecule has 0 aliphatic carbocycles. The smallest absolute Gasteiger partial charge is 0.275 e. The molecule has 150 valence electrons. The van der Waals surface area contributed by atoms with Crippen LogP contribution in [-0.4, -0.2) is 39.1 Å². The second-order valence-electron chi connectivity index (χ2n) is 6.33. The Morgan fingerprint density at radius 2 is 2.17 bits per heavy atom. The maximum Gasteiger partial charge on any atom is 0.275 e. The number of aliphatic imine (C=N–C) groups is 1. The van der Waals surface area contributed by atoms with Gasteiger partial charge >= 0.3 is 0 Å². The summed E-state index contributed by atoms with van der Waals surface area (Å²) in [6.07, 6.45) is -0.667. The molecule has 2 aromatic heterocycles. The van der Waals surface area contributed by atoms with Gasteiger partial charge in [-0.05, 0) is 31.2 Å². The van der Waals surface area contributed by atoms with Crippen molar-refractivity contribution in [1.29, 1.82) is 5.26 Å². The number of carbonyl (C=O) groups is 1. The van der Waals surface area contributed by atoms with Gasteiger partial charge in [-0.2, -0.15) is 5.26 Å². The van der Waals surface area contributed by atoms with E-state index in [0.717, 1.165) is 17.8 Å². The van der Waals surface area contributed by atoms with E-state index >= 15 is 0 Å². The number of halogens is 3. The van der Waals surface area contributed by atoms with E-state index in [1.165, 1.54) is 31.3 Å². The van der Waals surface area contributed by atoms with Crippen molar-refractivity contribution < 1.29 is 18.0 Å². The van der Waals surface area contributed by atoms with Gasteiger partial charge in [-0.15, -0.1) is 0 Å². The zero-order valence-corrected chi connectivity index (χ0v) is 15.9. The second-order valence-corrected chi connectivity index (χ2v) is 7.59. The average Bonchev–Trinajstić information content (AvgIpc) is 2.72. The lowest BCUT2D eigenvalue weighted by Crippen LogP contribution is -2.46. The lowest BCUT2D eigenvalue weighted by molar-refractivity contribution is 0.102. The van der Waals surface area contributed by atoms with Crippen LogP contribution in [0.4, 0.5) is 19.0 Å². The molecule has 0 spiro atoms. The molecule has 3 atom stereocenters. The number of hydrogen-bond donors (Lipinski definition) is 2. The number of carbonyl (C=O) groups excluding carboxylic acids is 1. The molecule has 1 amide bonds. The van der Waals surface area contributed by atoms with Gasteiger partial charge in [-0.1, -0.05) is 11.8 Å². The number of rotatable bonds is 4. The Bertz CT molecular complexity index is 1010. The lowest BCUT2D eigenvalue weighted by atomic mass is 9.89. The molecule has 1 aliphatic rings. The van der Waals surface area contributed by atoms with Crippen molar-refractivity contribution in [2.75, 3.05) is 12.0 Å². The zero-order valence-electron chi connectivity index (χ0n) is 15.1. The van der Waals surface area contributed by atoms with Crippen molar-refractivity contribution in [3.63, 3.8) is 0 Å². The first-order valence-corrected chi connectivity index (χ1v) is 9.23. The number of aromatic nitrogens is 2. The van der Waals surface area contributed by atoms with E-state index in [4.69, 9.17) is 11.0 Å². The Morgan fingerprint density at radius 1 is 1.41 bits per heavy atom. The van der Waals surface area contributed by atoms with Gasteiger partial charge in [0.25, 0.3) is 5.91 Å². The van der Waals surface area contributed by atoms with E-state index in [1.54, 1.807) is 0 Å². The maximum atomic E-state index is 14.9. The summed E-state index contributed by atoms with van der Waals surface area (Å²) in [7, 11) is 0. The summed E-state index contributed by atoms with van der Waals surface area (Å²) >= 11 is 0.739. The predicted molar refractivity (Wildman–Crippen MR) is 102 cm³/mol. The summed E-state index contributed by atoms with van der Waals surface area (Å²) in [6.45, 7) is 0.256. The Kier molecular flexibility index (Phi) is 5.74. The Morgan fingerprint density at radius 3 is 2.79 bits per heavy atom. The van der Waals surface area contributed by atoms with E-state index in [0.29, 0.717) is 0 Å². The van der Waals surface area contributed by atoms with Gasteiger partial charge in [0.15, 0.2) is 5.17 Å². The molecule has 2 aromatic rings. The van der Waals surface area contributed by atoms with Crippen molar-refractivity contribution in [2.45, 2.75) is 23.9 Å². The minimum atomic E-state index is -1.89. The Hall–Kier alpha value is -3.13. The van der Waals surface area contributed by atoms with Crippen LogP contribution in [0, 0.1) is 17.1 Å². The fourth-order valence-electron chi connectivity index (χ4n) is 2.83. The van der Waals surface area contributed by atoms with Crippen LogP contribution in [0.5, 0.6) is 0 Å². The molecule has 29 heavy (non-hydrogen) atoms. The highest BCUT2D eigenvalue weighted by atomic mass is 32.2. The highest BCUT2D eigenvalue weighted by Gasteiger charge is 2.48. The molecular weight excluding hydrogens is 405 g/mol. The molecule has 0 radical (unpaired) electrons. The van der Waals surface area contributed by atoms with Crippen molar-refractivity contribution in [3.05, 3.63) is 53.2 Å². The van der Waals surface area contributed by atoms with Gasteiger partial charge in [0.1, 0.15) is 47.5 Å². The van der Waals surface area contributed by atoms with Crippen LogP contribution >= 0.6 is 11.8 Å². The molecule has 0 bridgehead atoms. The minimum Gasteiger partial charge on any atom is -0.378 e. The summed E-state index contributed by atoms with van der Waals surface area (Å²) in [6, 6.07) is 6.82. The average molecular weight is 420 g/mol. The third-order valence-electron chi connectivity index (χ3n) is 4.32. The fraction of sp³-hybridized carbons (Fsp3) is 0.278. The molecule has 0 saturated heterocycles. The van der Waals surface area contributed by atoms with Crippen LogP contribution in [0.15, 0.2) is 35.5 Å². The number of nitrogens with zero attached hydrogens (tertiary/aromatic N) is 4. The molecule has 0 saturated carbocycles. The summed E-state index contributed by atoms with van der Waals surface area (Å²) in [5.74, 6) is -1.61. The highest BCUT2D eigenvalue weighted by Crippen LogP contribution is 2.41. The number of nitrogens with two attached hydrogens (primary N) is 1. The number of hydrogen-bond acceptors (Lipinski definition) is 7. The first-order valence-electron chi connectivity index (χ1n) is 8.35. The van der Waals surface area contributed by atoms with E-state index in [-0.39, 0.29) is 22.2 Å². The zero-order chi connectivity index (χ0) is 21.2. The molecule has 3 heterocycles. The van der Waals surface area contributed by atoms with Crippen LogP contribution in [-0.2, 0) is 5.54 Å². The molecule has 3 N–H and O–H groups in total. The van der Waals surface area contributed by atoms with Crippen LogP contribution in [0.1, 0.15) is 28.7 Å². The minimum absolute atomic E-state index is 0.0000738. The molecular formula is C18H15F3N6OS. The largest absolute Gasteiger partial charge is 0.378 e. The van der Waals surface area contributed by atoms with Gasteiger partial charge in [0, 0.05) is 6.20 Å². The number of nitriles is 1. The van der Waals surface area contributed by atoms with E-state index in [1.807, 2.05) is 6.07 Å². The van der Waals surface area contributed by atoms with E-state index < -0.39 is 41.1 Å². The number of pyridine rings is 2. The molecule has 11 heteroatoms. The fourth-order valence-corrected chi connectivity index (χ4v) is 3.83. The molecule has 7 nitrogen and oxygen atoms in total. The Labute approximate surface area is 168 Å². The lowest BCUT2D eigenvalue weighted by Gasteiger charge is -2.36.